The minimum atomic E-state index is -4.94. The van der Waals surface area contributed by atoms with Crippen molar-refractivity contribution >= 4 is 29.0 Å². The second-order valence-electron chi connectivity index (χ2n) is 11.1. The lowest BCUT2D eigenvalue weighted by molar-refractivity contribution is -0.137. The zero-order valence-electron chi connectivity index (χ0n) is 22.5. The molecular weight excluding hydrogens is 576 g/mol. The highest BCUT2D eigenvalue weighted by Crippen LogP contribution is 2.42. The molecule has 2 aliphatic rings. The van der Waals surface area contributed by atoms with E-state index < -0.39 is 65.0 Å². The zero-order valence-corrected chi connectivity index (χ0v) is 23.3. The first-order valence-corrected chi connectivity index (χ1v) is 14.0. The van der Waals surface area contributed by atoms with Crippen LogP contribution in [-0.2, 0) is 6.18 Å². The van der Waals surface area contributed by atoms with Gasteiger partial charge in [0.25, 0.3) is 11.8 Å². The van der Waals surface area contributed by atoms with Crippen LogP contribution >= 0.6 is 11.3 Å². The summed E-state index contributed by atoms with van der Waals surface area (Å²) < 4.78 is 84.4. The van der Waals surface area contributed by atoms with E-state index in [2.05, 4.69) is 20.6 Å². The Morgan fingerprint density at radius 1 is 1.20 bits per heavy atom. The van der Waals surface area contributed by atoms with Crippen LogP contribution in [0.25, 0.3) is 10.4 Å². The summed E-state index contributed by atoms with van der Waals surface area (Å²) in [5.74, 6) is -4.75. The van der Waals surface area contributed by atoms with Gasteiger partial charge in [0, 0.05) is 50.3 Å². The molecule has 1 aliphatic carbocycles. The molecule has 41 heavy (non-hydrogen) atoms. The van der Waals surface area contributed by atoms with Gasteiger partial charge >= 0.3 is 6.18 Å². The Hall–Kier alpha value is -2.94. The minimum absolute atomic E-state index is 0.0243. The molecule has 8 nitrogen and oxygen atoms in total. The molecule has 0 aromatic carbocycles. The van der Waals surface area contributed by atoms with E-state index in [0.29, 0.717) is 23.8 Å². The lowest BCUT2D eigenvalue weighted by Gasteiger charge is -2.30. The van der Waals surface area contributed by atoms with Gasteiger partial charge in [-0.2, -0.15) is 13.2 Å². The molecule has 0 bridgehead atoms. The van der Waals surface area contributed by atoms with Gasteiger partial charge in [-0.1, -0.05) is 0 Å². The van der Waals surface area contributed by atoms with Gasteiger partial charge in [0.05, 0.1) is 16.0 Å². The molecule has 0 spiro atoms. The third kappa shape index (κ3) is 7.87. The first-order valence-electron chi connectivity index (χ1n) is 13.2. The molecule has 1 unspecified atom stereocenters. The standard InChI is InChI=1S/C26H31F6N5O3S/c1-24(2,40)13-34-21(38)22-36-19(23(39)37-8-5-14(27)6-9-37)20(41-22)16-12-33-18(10-17(16)26(30,31)32)35-15-4-3-7-25(28,29)11-15/h10,12,14-15,40H,3-9,11,13H2,1-2H3,(H,33,35)(H,34,38). The van der Waals surface area contributed by atoms with Crippen molar-refractivity contribution in [2.45, 2.75) is 82.3 Å². The SMILES string of the molecule is CC(C)(O)CNC(=O)c1nc(C(=O)N2CCC(F)CC2)c(-c2cnc(NC3CCCC(F)(F)C3)cc2C(F)(F)F)s1. The van der Waals surface area contributed by atoms with Crippen molar-refractivity contribution in [3.8, 4) is 10.4 Å². The van der Waals surface area contributed by atoms with Gasteiger partial charge in [0.15, 0.2) is 5.01 Å². The summed E-state index contributed by atoms with van der Waals surface area (Å²) in [6, 6.07) is -0.0817. The van der Waals surface area contributed by atoms with Gasteiger partial charge < -0.3 is 20.6 Å². The molecule has 1 saturated heterocycles. The van der Waals surface area contributed by atoms with Crippen LogP contribution in [0.5, 0.6) is 0 Å². The van der Waals surface area contributed by atoms with E-state index in [1.165, 1.54) is 18.7 Å². The Bertz CT molecular complexity index is 1270. The van der Waals surface area contributed by atoms with E-state index in [-0.39, 0.29) is 61.0 Å². The number of nitrogens with one attached hydrogen (secondary N) is 2. The molecule has 1 saturated carbocycles. The number of amides is 2. The number of carbonyl (C=O) groups is 2. The monoisotopic (exact) mass is 607 g/mol. The van der Waals surface area contributed by atoms with Crippen LogP contribution < -0.4 is 10.6 Å². The molecule has 3 heterocycles. The van der Waals surface area contributed by atoms with Crippen molar-refractivity contribution in [1.29, 1.82) is 0 Å². The van der Waals surface area contributed by atoms with Crippen molar-refractivity contribution in [3.05, 3.63) is 28.5 Å². The van der Waals surface area contributed by atoms with E-state index >= 15 is 0 Å². The second kappa shape index (κ2) is 11.7. The predicted molar refractivity (Wildman–Crippen MR) is 140 cm³/mol. The fourth-order valence-electron chi connectivity index (χ4n) is 4.77. The summed E-state index contributed by atoms with van der Waals surface area (Å²) in [6.07, 6.45) is -5.34. The second-order valence-corrected chi connectivity index (χ2v) is 12.1. The summed E-state index contributed by atoms with van der Waals surface area (Å²) in [5, 5.41) is 14.7. The highest BCUT2D eigenvalue weighted by Gasteiger charge is 2.39. The normalized spacial score (nSPS) is 20.1. The lowest BCUT2D eigenvalue weighted by atomic mass is 9.92. The molecule has 2 aromatic rings. The summed E-state index contributed by atoms with van der Waals surface area (Å²) >= 11 is 0.550. The van der Waals surface area contributed by atoms with E-state index in [1.807, 2.05) is 0 Å². The van der Waals surface area contributed by atoms with Crippen LogP contribution in [0, 0.1) is 0 Å². The van der Waals surface area contributed by atoms with Crippen LogP contribution in [0.15, 0.2) is 12.3 Å². The van der Waals surface area contributed by atoms with Gasteiger partial charge in [-0.05, 0) is 45.6 Å². The topological polar surface area (TPSA) is 107 Å². The Balaban J connectivity index is 1.73. The molecule has 2 amide bonds. The highest BCUT2D eigenvalue weighted by molar-refractivity contribution is 7.17. The van der Waals surface area contributed by atoms with Crippen LogP contribution in [0.1, 0.15) is 78.2 Å². The lowest BCUT2D eigenvalue weighted by Crippen LogP contribution is -2.39. The van der Waals surface area contributed by atoms with Crippen molar-refractivity contribution in [1.82, 2.24) is 20.2 Å². The molecule has 0 radical (unpaired) electrons. The van der Waals surface area contributed by atoms with Gasteiger partial charge in [0.2, 0.25) is 5.92 Å². The van der Waals surface area contributed by atoms with E-state index in [9.17, 15) is 41.0 Å². The maximum atomic E-state index is 14.3. The Morgan fingerprint density at radius 3 is 2.49 bits per heavy atom. The maximum Gasteiger partial charge on any atom is 0.417 e. The van der Waals surface area contributed by atoms with Crippen LogP contribution in [0.2, 0.25) is 0 Å². The van der Waals surface area contributed by atoms with Crippen molar-refractivity contribution < 1.29 is 41.0 Å². The van der Waals surface area contributed by atoms with Gasteiger partial charge in [-0.15, -0.1) is 11.3 Å². The number of carbonyl (C=O) groups excluding carboxylic acids is 2. The molecule has 2 aromatic heterocycles. The number of pyridine rings is 1. The number of hydrogen-bond donors (Lipinski definition) is 3. The molecule has 1 atom stereocenters. The quantitative estimate of drug-likeness (QED) is 0.370. The highest BCUT2D eigenvalue weighted by atomic mass is 32.1. The molecule has 226 valence electrons. The number of hydrogen-bond acceptors (Lipinski definition) is 7. The summed E-state index contributed by atoms with van der Waals surface area (Å²) in [4.78, 5) is 35.3. The number of likely N-dealkylation sites (tertiary alicyclic amines) is 1. The van der Waals surface area contributed by atoms with E-state index in [0.717, 1.165) is 6.20 Å². The maximum absolute atomic E-state index is 14.3. The van der Waals surface area contributed by atoms with Crippen molar-refractivity contribution in [2.24, 2.45) is 0 Å². The first-order chi connectivity index (χ1) is 19.0. The van der Waals surface area contributed by atoms with Crippen LogP contribution in [-0.4, -0.2) is 75.2 Å². The predicted octanol–water partition coefficient (Wildman–Crippen LogP) is 5.29. The third-order valence-electron chi connectivity index (χ3n) is 6.86. The first kappa shape index (κ1) is 31.0. The minimum Gasteiger partial charge on any atom is -0.389 e. The molecule has 15 heteroatoms. The van der Waals surface area contributed by atoms with Gasteiger partial charge in [-0.3, -0.25) is 9.59 Å². The zero-order chi connectivity index (χ0) is 30.2. The summed E-state index contributed by atoms with van der Waals surface area (Å²) in [7, 11) is 0. The molecule has 2 fully saturated rings. The fourth-order valence-corrected chi connectivity index (χ4v) is 5.77. The molecule has 1 aliphatic heterocycles. The number of rotatable bonds is 7. The number of alkyl halides is 6. The van der Waals surface area contributed by atoms with Crippen molar-refractivity contribution in [2.75, 3.05) is 25.0 Å². The Kier molecular flexibility index (Phi) is 8.88. The average molecular weight is 608 g/mol. The Labute approximate surface area is 236 Å². The fraction of sp³-hybridized carbons (Fsp3) is 0.615. The number of aliphatic hydroxyl groups is 1. The number of piperidine rings is 1. The molecule has 3 N–H and O–H groups in total. The largest absolute Gasteiger partial charge is 0.417 e. The number of halogens is 6. The Morgan fingerprint density at radius 2 is 1.88 bits per heavy atom. The summed E-state index contributed by atoms with van der Waals surface area (Å²) in [5.41, 5.74) is -3.41. The third-order valence-corrected chi connectivity index (χ3v) is 7.95. The average Bonchev–Trinajstić information content (AvgIpc) is 3.31. The smallest absolute Gasteiger partial charge is 0.389 e. The number of nitrogens with zero attached hydrogens (tertiary/aromatic N) is 3. The number of thiazole rings is 1. The van der Waals surface area contributed by atoms with Crippen molar-refractivity contribution in [3.63, 3.8) is 0 Å². The number of anilines is 1. The summed E-state index contributed by atoms with van der Waals surface area (Å²) in [6.45, 7) is 2.74. The van der Waals surface area contributed by atoms with Gasteiger partial charge in [0.1, 0.15) is 17.7 Å². The van der Waals surface area contributed by atoms with E-state index in [4.69, 9.17) is 0 Å². The number of aromatic nitrogens is 2. The van der Waals surface area contributed by atoms with E-state index in [1.54, 1.807) is 0 Å². The molecular formula is C26H31F6N5O3S. The van der Waals surface area contributed by atoms with Crippen LogP contribution in [0.3, 0.4) is 0 Å². The van der Waals surface area contributed by atoms with Crippen LogP contribution in [0.4, 0.5) is 32.2 Å². The van der Waals surface area contributed by atoms with Gasteiger partial charge in [-0.25, -0.2) is 23.1 Å². The molecule has 4 rings (SSSR count).